The number of fused-ring (bicyclic) bond motifs is 1. The number of ether oxygens (including phenoxy) is 2. The summed E-state index contributed by atoms with van der Waals surface area (Å²) in [5.41, 5.74) is 10.1. The maximum atomic E-state index is 6.27. The Morgan fingerprint density at radius 1 is 0.929 bits per heavy atom. The number of hydrogen-bond acceptors (Lipinski definition) is 4. The van der Waals surface area contributed by atoms with Crippen LogP contribution in [-0.4, -0.2) is 17.1 Å². The molecule has 0 amide bonds. The van der Waals surface area contributed by atoms with Crippen LogP contribution in [0.3, 0.4) is 0 Å². The monoisotopic (exact) mass is 376 g/mol. The van der Waals surface area contributed by atoms with Gasteiger partial charge in [0.2, 0.25) is 0 Å². The molecule has 28 heavy (non-hydrogen) atoms. The van der Waals surface area contributed by atoms with Crippen LogP contribution in [0.25, 0.3) is 10.9 Å². The van der Waals surface area contributed by atoms with Crippen molar-refractivity contribution in [2.45, 2.75) is 58.0 Å². The van der Waals surface area contributed by atoms with E-state index in [0.717, 1.165) is 59.2 Å². The standard InChI is InChI=1S/C24H28N2O2/c1-17-23(16-27-20-13-11-19(25)12-14-20)26-22-10-6-5-9-21(22)24(17)28-15-18-7-3-2-4-8-18/h2-10,19-20H,11-16,25H2,1H3. The van der Waals surface area contributed by atoms with Crippen molar-refractivity contribution in [1.29, 1.82) is 0 Å². The first-order valence-corrected chi connectivity index (χ1v) is 10.1. The van der Waals surface area contributed by atoms with Crippen LogP contribution in [0.15, 0.2) is 54.6 Å². The van der Waals surface area contributed by atoms with Gasteiger partial charge in [0.15, 0.2) is 0 Å². The lowest BCUT2D eigenvalue weighted by molar-refractivity contribution is 0.0120. The molecule has 1 heterocycles. The number of benzene rings is 2. The van der Waals surface area contributed by atoms with Gasteiger partial charge in [0, 0.05) is 17.0 Å². The molecule has 0 unspecified atom stereocenters. The smallest absolute Gasteiger partial charge is 0.134 e. The van der Waals surface area contributed by atoms with Crippen molar-refractivity contribution in [2.75, 3.05) is 0 Å². The third-order valence-electron chi connectivity index (χ3n) is 5.58. The molecule has 0 atom stereocenters. The quantitative estimate of drug-likeness (QED) is 0.664. The van der Waals surface area contributed by atoms with E-state index in [0.29, 0.717) is 19.3 Å². The number of hydrogen-bond donors (Lipinski definition) is 1. The average Bonchev–Trinajstić information content (AvgIpc) is 2.73. The summed E-state index contributed by atoms with van der Waals surface area (Å²) < 4.78 is 12.5. The third-order valence-corrected chi connectivity index (χ3v) is 5.58. The molecule has 1 aromatic heterocycles. The summed E-state index contributed by atoms with van der Waals surface area (Å²) >= 11 is 0. The fourth-order valence-electron chi connectivity index (χ4n) is 3.83. The van der Waals surface area contributed by atoms with Gasteiger partial charge in [0.05, 0.1) is 23.9 Å². The van der Waals surface area contributed by atoms with E-state index in [-0.39, 0.29) is 6.10 Å². The van der Waals surface area contributed by atoms with E-state index in [1.807, 2.05) is 36.4 Å². The summed E-state index contributed by atoms with van der Waals surface area (Å²) in [6.07, 6.45) is 4.43. The highest BCUT2D eigenvalue weighted by Crippen LogP contribution is 2.32. The zero-order valence-electron chi connectivity index (χ0n) is 16.4. The number of para-hydroxylation sites is 1. The van der Waals surface area contributed by atoms with E-state index in [4.69, 9.17) is 20.2 Å². The van der Waals surface area contributed by atoms with Crippen molar-refractivity contribution in [3.8, 4) is 5.75 Å². The maximum absolute atomic E-state index is 6.27. The van der Waals surface area contributed by atoms with Gasteiger partial charge in [-0.25, -0.2) is 4.98 Å². The normalized spacial score (nSPS) is 19.6. The van der Waals surface area contributed by atoms with E-state index < -0.39 is 0 Å². The fourth-order valence-corrected chi connectivity index (χ4v) is 3.83. The Labute approximate surface area is 166 Å². The largest absolute Gasteiger partial charge is 0.488 e. The van der Waals surface area contributed by atoms with Crippen molar-refractivity contribution < 1.29 is 9.47 Å². The van der Waals surface area contributed by atoms with Crippen molar-refractivity contribution in [2.24, 2.45) is 5.73 Å². The molecule has 0 aliphatic heterocycles. The Morgan fingerprint density at radius 3 is 2.43 bits per heavy atom. The molecule has 0 spiro atoms. The summed E-state index contributed by atoms with van der Waals surface area (Å²) in [6, 6.07) is 18.7. The first-order chi connectivity index (χ1) is 13.7. The molecule has 4 rings (SSSR count). The molecule has 2 aromatic carbocycles. The van der Waals surface area contributed by atoms with Gasteiger partial charge in [-0.3, -0.25) is 0 Å². The molecular weight excluding hydrogens is 348 g/mol. The van der Waals surface area contributed by atoms with E-state index in [1.54, 1.807) is 0 Å². The predicted octanol–water partition coefficient (Wildman–Crippen LogP) is 4.91. The van der Waals surface area contributed by atoms with Crippen LogP contribution >= 0.6 is 0 Å². The SMILES string of the molecule is Cc1c(COC2CCC(N)CC2)nc2ccccc2c1OCc1ccccc1. The van der Waals surface area contributed by atoms with Gasteiger partial charge in [0.1, 0.15) is 12.4 Å². The molecule has 1 aliphatic rings. The van der Waals surface area contributed by atoms with Crippen LogP contribution in [0.1, 0.15) is 42.5 Å². The van der Waals surface area contributed by atoms with Crippen LogP contribution in [0.2, 0.25) is 0 Å². The zero-order chi connectivity index (χ0) is 19.3. The van der Waals surface area contributed by atoms with Gasteiger partial charge in [0.25, 0.3) is 0 Å². The lowest BCUT2D eigenvalue weighted by Gasteiger charge is -2.26. The van der Waals surface area contributed by atoms with Crippen LogP contribution in [0.4, 0.5) is 0 Å². The van der Waals surface area contributed by atoms with Gasteiger partial charge in [-0.1, -0.05) is 42.5 Å². The summed E-state index contributed by atoms with van der Waals surface area (Å²) in [6.45, 7) is 3.13. The molecule has 2 N–H and O–H groups in total. The Hall–Kier alpha value is -2.43. The molecule has 4 heteroatoms. The van der Waals surface area contributed by atoms with Crippen LogP contribution in [-0.2, 0) is 18.0 Å². The second-order valence-corrected chi connectivity index (χ2v) is 7.65. The predicted molar refractivity (Wildman–Crippen MR) is 112 cm³/mol. The molecule has 1 fully saturated rings. The summed E-state index contributed by atoms with van der Waals surface area (Å²) in [5, 5.41) is 1.04. The number of pyridine rings is 1. The van der Waals surface area contributed by atoms with Gasteiger partial charge >= 0.3 is 0 Å². The highest BCUT2D eigenvalue weighted by Gasteiger charge is 2.20. The van der Waals surface area contributed by atoms with Crippen LogP contribution < -0.4 is 10.5 Å². The summed E-state index contributed by atoms with van der Waals surface area (Å²) in [7, 11) is 0. The van der Waals surface area contributed by atoms with Gasteiger partial charge in [-0.05, 0) is 50.3 Å². The van der Waals surface area contributed by atoms with E-state index in [1.165, 1.54) is 0 Å². The fraction of sp³-hybridized carbons (Fsp3) is 0.375. The van der Waals surface area contributed by atoms with Gasteiger partial charge < -0.3 is 15.2 Å². The van der Waals surface area contributed by atoms with E-state index in [9.17, 15) is 0 Å². The highest BCUT2D eigenvalue weighted by molar-refractivity contribution is 5.86. The van der Waals surface area contributed by atoms with Gasteiger partial charge in [-0.2, -0.15) is 0 Å². The van der Waals surface area contributed by atoms with Crippen molar-refractivity contribution in [3.63, 3.8) is 0 Å². The average molecular weight is 377 g/mol. The minimum atomic E-state index is 0.279. The molecule has 146 valence electrons. The summed E-state index contributed by atoms with van der Waals surface area (Å²) in [4.78, 5) is 4.86. The molecule has 0 bridgehead atoms. The Kier molecular flexibility index (Phi) is 5.89. The number of rotatable bonds is 6. The number of nitrogens with two attached hydrogens (primary N) is 1. The number of aromatic nitrogens is 1. The van der Waals surface area contributed by atoms with E-state index in [2.05, 4.69) is 25.1 Å². The van der Waals surface area contributed by atoms with E-state index >= 15 is 0 Å². The lowest BCUT2D eigenvalue weighted by Crippen LogP contribution is -2.30. The Morgan fingerprint density at radius 2 is 1.64 bits per heavy atom. The Bertz CT molecular complexity index is 919. The molecular formula is C24H28N2O2. The topological polar surface area (TPSA) is 57.4 Å². The molecule has 0 radical (unpaired) electrons. The van der Waals surface area contributed by atoms with Crippen LogP contribution in [0.5, 0.6) is 5.75 Å². The molecule has 4 nitrogen and oxygen atoms in total. The van der Waals surface area contributed by atoms with Gasteiger partial charge in [-0.15, -0.1) is 0 Å². The lowest BCUT2D eigenvalue weighted by atomic mass is 9.94. The first kappa shape index (κ1) is 18.9. The van der Waals surface area contributed by atoms with Crippen molar-refractivity contribution in [3.05, 3.63) is 71.4 Å². The second kappa shape index (κ2) is 8.72. The minimum Gasteiger partial charge on any atom is -0.488 e. The van der Waals surface area contributed by atoms with Crippen molar-refractivity contribution in [1.82, 2.24) is 4.98 Å². The Balaban J connectivity index is 1.56. The van der Waals surface area contributed by atoms with Crippen molar-refractivity contribution >= 4 is 10.9 Å². The number of nitrogens with zero attached hydrogens (tertiary/aromatic N) is 1. The minimum absolute atomic E-state index is 0.279. The molecule has 0 saturated heterocycles. The molecule has 1 aliphatic carbocycles. The maximum Gasteiger partial charge on any atom is 0.134 e. The third kappa shape index (κ3) is 4.34. The molecule has 1 saturated carbocycles. The second-order valence-electron chi connectivity index (χ2n) is 7.65. The first-order valence-electron chi connectivity index (χ1n) is 10.1. The highest BCUT2D eigenvalue weighted by atomic mass is 16.5. The van der Waals surface area contributed by atoms with Crippen LogP contribution in [0, 0.1) is 6.92 Å². The summed E-state index contributed by atoms with van der Waals surface area (Å²) in [5.74, 6) is 0.902. The molecule has 3 aromatic rings. The zero-order valence-corrected chi connectivity index (χ0v) is 16.4.